The first-order valence-corrected chi connectivity index (χ1v) is 8.79. The van der Waals surface area contributed by atoms with Crippen molar-refractivity contribution in [2.45, 2.75) is 6.54 Å². The fourth-order valence-corrected chi connectivity index (χ4v) is 2.99. The molecule has 0 spiro atoms. The Labute approximate surface area is 153 Å². The number of para-hydroxylation sites is 1. The number of anilines is 3. The average Bonchev–Trinajstić information content (AvgIpc) is 2.74. The number of ether oxygens (including phenoxy) is 1. The topological polar surface area (TPSA) is 54.4 Å². The molecule has 1 fully saturated rings. The van der Waals surface area contributed by atoms with Crippen molar-refractivity contribution < 1.29 is 4.74 Å². The van der Waals surface area contributed by atoms with Gasteiger partial charge in [0.05, 0.1) is 19.4 Å². The summed E-state index contributed by atoms with van der Waals surface area (Å²) in [7, 11) is 0. The van der Waals surface area contributed by atoms with Crippen LogP contribution in [-0.4, -0.2) is 41.5 Å². The number of benzene rings is 2. The molecule has 0 radical (unpaired) electrons. The van der Waals surface area contributed by atoms with Crippen molar-refractivity contribution in [1.29, 1.82) is 0 Å². The van der Waals surface area contributed by atoms with Crippen LogP contribution in [0.1, 0.15) is 5.56 Å². The van der Waals surface area contributed by atoms with Crippen molar-refractivity contribution in [3.63, 3.8) is 0 Å². The molecule has 4 rings (SSSR count). The predicted molar refractivity (Wildman–Crippen MR) is 102 cm³/mol. The molecule has 6 nitrogen and oxygen atoms in total. The smallest absolute Gasteiger partial charge is 0.247 e. The molecule has 0 saturated carbocycles. The Morgan fingerprint density at radius 2 is 1.62 bits per heavy atom. The van der Waals surface area contributed by atoms with Gasteiger partial charge in [-0.2, -0.15) is 10.1 Å². The molecule has 0 aliphatic carbocycles. The molecule has 2 aromatic carbocycles. The number of aromatic nitrogens is 3. The summed E-state index contributed by atoms with van der Waals surface area (Å²) in [6.45, 7) is 3.68. The summed E-state index contributed by atoms with van der Waals surface area (Å²) < 4.78 is 5.42. The van der Waals surface area contributed by atoms with Gasteiger partial charge in [0.2, 0.25) is 5.95 Å². The van der Waals surface area contributed by atoms with E-state index in [2.05, 4.69) is 56.4 Å². The highest BCUT2D eigenvalue weighted by atomic mass is 16.5. The minimum atomic E-state index is 0.653. The summed E-state index contributed by atoms with van der Waals surface area (Å²) in [6, 6.07) is 20.6. The highest BCUT2D eigenvalue weighted by molar-refractivity contribution is 5.60. The summed E-state index contributed by atoms with van der Waals surface area (Å²) >= 11 is 0. The van der Waals surface area contributed by atoms with Crippen LogP contribution < -0.4 is 9.80 Å². The van der Waals surface area contributed by atoms with Crippen LogP contribution in [0.3, 0.4) is 0 Å². The summed E-state index contributed by atoms with van der Waals surface area (Å²) in [5.74, 6) is 1.44. The lowest BCUT2D eigenvalue weighted by Crippen LogP contribution is -2.37. The monoisotopic (exact) mass is 347 g/mol. The molecular formula is C20H21N5O. The molecule has 1 aliphatic rings. The zero-order valence-electron chi connectivity index (χ0n) is 14.5. The predicted octanol–water partition coefficient (Wildman–Crippen LogP) is 3.05. The van der Waals surface area contributed by atoms with Crippen LogP contribution in [0.5, 0.6) is 0 Å². The molecule has 2 heterocycles. The van der Waals surface area contributed by atoms with E-state index in [1.165, 1.54) is 5.56 Å². The Hall–Kier alpha value is -2.99. The van der Waals surface area contributed by atoms with E-state index in [0.29, 0.717) is 25.7 Å². The number of hydrogen-bond donors (Lipinski definition) is 0. The van der Waals surface area contributed by atoms with Crippen LogP contribution in [0.2, 0.25) is 0 Å². The Morgan fingerprint density at radius 3 is 2.35 bits per heavy atom. The maximum absolute atomic E-state index is 5.42. The van der Waals surface area contributed by atoms with Crippen molar-refractivity contribution in [1.82, 2.24) is 15.2 Å². The van der Waals surface area contributed by atoms with Gasteiger partial charge in [-0.3, -0.25) is 0 Å². The van der Waals surface area contributed by atoms with Crippen LogP contribution >= 0.6 is 0 Å². The maximum Gasteiger partial charge on any atom is 0.247 e. The van der Waals surface area contributed by atoms with Crippen LogP contribution in [0, 0.1) is 0 Å². The maximum atomic E-state index is 5.42. The third-order valence-corrected chi connectivity index (χ3v) is 4.36. The molecular weight excluding hydrogens is 326 g/mol. The van der Waals surface area contributed by atoms with E-state index in [-0.39, 0.29) is 0 Å². The zero-order valence-corrected chi connectivity index (χ0v) is 14.5. The third kappa shape index (κ3) is 3.81. The van der Waals surface area contributed by atoms with E-state index < -0.39 is 0 Å². The molecule has 0 atom stereocenters. The normalized spacial score (nSPS) is 14.2. The van der Waals surface area contributed by atoms with E-state index in [9.17, 15) is 0 Å². The van der Waals surface area contributed by atoms with Gasteiger partial charge in [0, 0.05) is 25.3 Å². The molecule has 1 saturated heterocycles. The highest BCUT2D eigenvalue weighted by Gasteiger charge is 2.18. The number of morpholine rings is 1. The first kappa shape index (κ1) is 16.5. The Balaban J connectivity index is 1.67. The van der Waals surface area contributed by atoms with Crippen LogP contribution in [-0.2, 0) is 11.3 Å². The second kappa shape index (κ2) is 7.93. The SMILES string of the molecule is c1ccc(CN(c2ccccc2)c2cnnc(N3CCOCC3)n2)cc1. The van der Waals surface area contributed by atoms with Gasteiger partial charge in [-0.25, -0.2) is 0 Å². The molecule has 0 amide bonds. The molecule has 0 bridgehead atoms. The first-order chi connectivity index (χ1) is 12.9. The number of rotatable bonds is 5. The van der Waals surface area contributed by atoms with E-state index in [1.807, 2.05) is 24.3 Å². The fraction of sp³-hybridized carbons (Fsp3) is 0.250. The van der Waals surface area contributed by atoms with Gasteiger partial charge in [0.1, 0.15) is 0 Å². The fourth-order valence-electron chi connectivity index (χ4n) is 2.99. The largest absolute Gasteiger partial charge is 0.378 e. The van der Waals surface area contributed by atoms with Crippen molar-refractivity contribution in [3.8, 4) is 0 Å². The molecule has 0 N–H and O–H groups in total. The van der Waals surface area contributed by atoms with Crippen LogP contribution in [0.25, 0.3) is 0 Å². The second-order valence-corrected chi connectivity index (χ2v) is 6.12. The van der Waals surface area contributed by atoms with Gasteiger partial charge in [0.25, 0.3) is 0 Å². The van der Waals surface area contributed by atoms with Gasteiger partial charge < -0.3 is 14.5 Å². The van der Waals surface area contributed by atoms with E-state index in [4.69, 9.17) is 9.72 Å². The summed E-state index contributed by atoms with van der Waals surface area (Å²) in [5.41, 5.74) is 2.28. The first-order valence-electron chi connectivity index (χ1n) is 8.79. The van der Waals surface area contributed by atoms with Gasteiger partial charge in [-0.1, -0.05) is 48.5 Å². The minimum Gasteiger partial charge on any atom is -0.378 e. The molecule has 3 aromatic rings. The summed E-state index contributed by atoms with van der Waals surface area (Å²) in [5, 5.41) is 8.44. The van der Waals surface area contributed by atoms with Crippen molar-refractivity contribution in [2.75, 3.05) is 36.1 Å². The Bertz CT molecular complexity index is 822. The quantitative estimate of drug-likeness (QED) is 0.707. The summed E-state index contributed by atoms with van der Waals surface area (Å²) in [6.07, 6.45) is 1.72. The lowest BCUT2D eigenvalue weighted by Gasteiger charge is -2.28. The molecule has 6 heteroatoms. The van der Waals surface area contributed by atoms with E-state index in [1.54, 1.807) is 6.20 Å². The standard InChI is InChI=1S/C20H21N5O/c1-3-7-17(8-4-1)16-25(18-9-5-2-6-10-18)19-15-21-23-20(22-19)24-11-13-26-14-12-24/h1-10,15H,11-14,16H2. The van der Waals surface area contributed by atoms with Crippen LogP contribution in [0.15, 0.2) is 66.9 Å². The average molecular weight is 347 g/mol. The Morgan fingerprint density at radius 1 is 0.923 bits per heavy atom. The van der Waals surface area contributed by atoms with Gasteiger partial charge in [-0.15, -0.1) is 5.10 Å². The Kier molecular flexibility index (Phi) is 5.02. The van der Waals surface area contributed by atoms with E-state index >= 15 is 0 Å². The number of hydrogen-bond acceptors (Lipinski definition) is 6. The molecule has 1 aliphatic heterocycles. The minimum absolute atomic E-state index is 0.653. The van der Waals surface area contributed by atoms with Crippen LogP contribution in [0.4, 0.5) is 17.5 Å². The highest BCUT2D eigenvalue weighted by Crippen LogP contribution is 2.26. The number of nitrogens with zero attached hydrogens (tertiary/aromatic N) is 5. The lowest BCUT2D eigenvalue weighted by atomic mass is 10.2. The van der Waals surface area contributed by atoms with Gasteiger partial charge in [-0.05, 0) is 17.7 Å². The second-order valence-electron chi connectivity index (χ2n) is 6.12. The van der Waals surface area contributed by atoms with Crippen molar-refractivity contribution in [3.05, 3.63) is 72.4 Å². The summed E-state index contributed by atoms with van der Waals surface area (Å²) in [4.78, 5) is 9.07. The van der Waals surface area contributed by atoms with Crippen molar-refractivity contribution >= 4 is 17.5 Å². The zero-order chi connectivity index (χ0) is 17.6. The van der Waals surface area contributed by atoms with E-state index in [0.717, 1.165) is 24.6 Å². The molecule has 26 heavy (non-hydrogen) atoms. The van der Waals surface area contributed by atoms with Gasteiger partial charge >= 0.3 is 0 Å². The molecule has 1 aromatic heterocycles. The van der Waals surface area contributed by atoms with Crippen molar-refractivity contribution in [2.24, 2.45) is 0 Å². The van der Waals surface area contributed by atoms with Gasteiger partial charge in [0.15, 0.2) is 5.82 Å². The molecule has 132 valence electrons. The lowest BCUT2D eigenvalue weighted by molar-refractivity contribution is 0.122. The molecule has 0 unspecified atom stereocenters. The third-order valence-electron chi connectivity index (χ3n) is 4.36.